The zero-order chi connectivity index (χ0) is 11.7. The maximum Gasteiger partial charge on any atom is 0.320 e. The Kier molecular flexibility index (Phi) is 8.27. The normalized spacial score (nSPS) is 13.1. The largest absolute Gasteiger partial charge is 0.480 e. The van der Waals surface area contributed by atoms with Gasteiger partial charge in [0.1, 0.15) is 6.04 Å². The number of hydrogen-bond acceptors (Lipinski definition) is 4. The van der Waals surface area contributed by atoms with Gasteiger partial charge in [0.15, 0.2) is 0 Å². The highest BCUT2D eigenvalue weighted by Crippen LogP contribution is 2.00. The van der Waals surface area contributed by atoms with Gasteiger partial charge in [0.25, 0.3) is 0 Å². The molecule has 0 bridgehead atoms. The predicted octanol–water partition coefficient (Wildman–Crippen LogP) is 1.06. The van der Waals surface area contributed by atoms with E-state index >= 15 is 0 Å². The monoisotopic (exact) mass is 218 g/mol. The lowest BCUT2D eigenvalue weighted by Crippen LogP contribution is -2.31. The number of carboxylic acids is 1. The molecule has 0 aromatic carbocycles. The third kappa shape index (κ3) is 8.35. The molecule has 0 saturated carbocycles. The van der Waals surface area contributed by atoms with Gasteiger partial charge in [-0.2, -0.15) is 5.06 Å². The van der Waals surface area contributed by atoms with E-state index in [1.807, 2.05) is 0 Å². The first kappa shape index (κ1) is 14.3. The van der Waals surface area contributed by atoms with Crippen molar-refractivity contribution in [3.05, 3.63) is 0 Å². The van der Waals surface area contributed by atoms with E-state index in [0.717, 1.165) is 19.3 Å². The third-order valence-corrected chi connectivity index (χ3v) is 2.27. The molecule has 5 heteroatoms. The average Bonchev–Trinajstić information content (AvgIpc) is 2.18. The summed E-state index contributed by atoms with van der Waals surface area (Å²) in [5.74, 6) is -0.981. The maximum atomic E-state index is 10.4. The fraction of sp³-hybridized carbons (Fsp3) is 0.900. The lowest BCUT2D eigenvalue weighted by atomic mass is 10.1. The van der Waals surface area contributed by atoms with Gasteiger partial charge in [-0.1, -0.05) is 19.8 Å². The molecule has 0 aromatic heterocycles. The quantitative estimate of drug-likeness (QED) is 0.398. The second kappa shape index (κ2) is 8.64. The van der Waals surface area contributed by atoms with E-state index in [9.17, 15) is 10.0 Å². The van der Waals surface area contributed by atoms with Gasteiger partial charge in [0, 0.05) is 13.1 Å². The molecule has 0 fully saturated rings. The van der Waals surface area contributed by atoms with Gasteiger partial charge in [0.05, 0.1) is 0 Å². The molecule has 5 nitrogen and oxygen atoms in total. The number of carboxylic acid groups (broad SMARTS) is 1. The van der Waals surface area contributed by atoms with Crippen LogP contribution in [0.25, 0.3) is 0 Å². The molecule has 0 aliphatic rings. The van der Waals surface area contributed by atoms with Gasteiger partial charge in [-0.3, -0.25) is 4.79 Å². The van der Waals surface area contributed by atoms with Crippen LogP contribution in [0.4, 0.5) is 0 Å². The van der Waals surface area contributed by atoms with E-state index in [-0.39, 0.29) is 0 Å². The molecule has 0 radical (unpaired) electrons. The van der Waals surface area contributed by atoms with Crippen molar-refractivity contribution in [2.24, 2.45) is 5.73 Å². The molecule has 0 rings (SSSR count). The number of hydroxylamine groups is 2. The van der Waals surface area contributed by atoms with Gasteiger partial charge in [-0.15, -0.1) is 0 Å². The molecule has 0 aromatic rings. The minimum atomic E-state index is -0.981. The maximum absolute atomic E-state index is 10.4. The second-order valence-electron chi connectivity index (χ2n) is 3.75. The summed E-state index contributed by atoms with van der Waals surface area (Å²) in [4.78, 5) is 10.4. The van der Waals surface area contributed by atoms with Crippen LogP contribution in [-0.4, -0.2) is 40.5 Å². The molecule has 0 saturated heterocycles. The van der Waals surface area contributed by atoms with Gasteiger partial charge in [-0.05, 0) is 19.3 Å². The summed E-state index contributed by atoms with van der Waals surface area (Å²) < 4.78 is 0. The summed E-state index contributed by atoms with van der Waals surface area (Å²) in [6, 6.07) is -0.811. The first-order chi connectivity index (χ1) is 7.07. The fourth-order valence-corrected chi connectivity index (χ4v) is 1.27. The van der Waals surface area contributed by atoms with Gasteiger partial charge in [-0.25, -0.2) is 0 Å². The molecular formula is C10H22N2O3. The van der Waals surface area contributed by atoms with Crippen LogP contribution in [0.1, 0.15) is 39.0 Å². The Morgan fingerprint density at radius 3 is 2.47 bits per heavy atom. The minimum absolute atomic E-state index is 0.403. The van der Waals surface area contributed by atoms with Crippen molar-refractivity contribution in [1.82, 2.24) is 5.06 Å². The predicted molar refractivity (Wildman–Crippen MR) is 57.7 cm³/mol. The van der Waals surface area contributed by atoms with Crippen LogP contribution in [0.5, 0.6) is 0 Å². The molecule has 0 aliphatic heterocycles. The van der Waals surface area contributed by atoms with Crippen LogP contribution in [0.2, 0.25) is 0 Å². The first-order valence-corrected chi connectivity index (χ1v) is 5.50. The molecule has 90 valence electrons. The molecule has 0 aliphatic carbocycles. The van der Waals surface area contributed by atoms with Crippen LogP contribution in [-0.2, 0) is 4.79 Å². The van der Waals surface area contributed by atoms with Crippen LogP contribution < -0.4 is 5.73 Å². The molecule has 4 N–H and O–H groups in total. The van der Waals surface area contributed by atoms with Gasteiger partial charge < -0.3 is 16.0 Å². The zero-order valence-corrected chi connectivity index (χ0v) is 9.35. The lowest BCUT2D eigenvalue weighted by molar-refractivity contribution is -0.139. The molecule has 1 unspecified atom stereocenters. The molecule has 15 heavy (non-hydrogen) atoms. The number of unbranched alkanes of at least 4 members (excludes halogenated alkanes) is 2. The summed E-state index contributed by atoms with van der Waals surface area (Å²) in [5.41, 5.74) is 5.32. The van der Waals surface area contributed by atoms with Crippen LogP contribution in [0.15, 0.2) is 0 Å². The Bertz CT molecular complexity index is 176. The third-order valence-electron chi connectivity index (χ3n) is 2.27. The van der Waals surface area contributed by atoms with E-state index in [1.165, 1.54) is 5.06 Å². The number of carbonyl (C=O) groups is 1. The highest BCUT2D eigenvalue weighted by Gasteiger charge is 2.11. The summed E-state index contributed by atoms with van der Waals surface area (Å²) in [6.45, 7) is 3.24. The molecule has 0 spiro atoms. The van der Waals surface area contributed by atoms with E-state index in [0.29, 0.717) is 25.9 Å². The molecule has 0 heterocycles. The number of nitrogens with two attached hydrogens (primary N) is 1. The van der Waals surface area contributed by atoms with E-state index < -0.39 is 12.0 Å². The standard InChI is InChI=1S/C10H22N2O3/c1-2-3-4-7-12(15)8-5-6-9(11)10(13)14/h9,15H,2-8,11H2,1H3,(H,13,14). The Morgan fingerprint density at radius 2 is 1.93 bits per heavy atom. The Hall–Kier alpha value is -0.650. The fourth-order valence-electron chi connectivity index (χ4n) is 1.27. The number of nitrogens with zero attached hydrogens (tertiary/aromatic N) is 1. The second-order valence-corrected chi connectivity index (χ2v) is 3.75. The highest BCUT2D eigenvalue weighted by atomic mass is 16.5. The zero-order valence-electron chi connectivity index (χ0n) is 9.35. The molecular weight excluding hydrogens is 196 g/mol. The summed E-state index contributed by atoms with van der Waals surface area (Å²) >= 11 is 0. The summed E-state index contributed by atoms with van der Waals surface area (Å²) in [5, 5.41) is 19.1. The average molecular weight is 218 g/mol. The summed E-state index contributed by atoms with van der Waals surface area (Å²) in [6.07, 6.45) is 4.21. The van der Waals surface area contributed by atoms with Crippen molar-refractivity contribution in [3.8, 4) is 0 Å². The highest BCUT2D eigenvalue weighted by molar-refractivity contribution is 5.72. The lowest BCUT2D eigenvalue weighted by Gasteiger charge is -2.14. The van der Waals surface area contributed by atoms with Crippen LogP contribution in [0, 0.1) is 0 Å². The van der Waals surface area contributed by atoms with Crippen molar-refractivity contribution >= 4 is 5.97 Å². The Morgan fingerprint density at radius 1 is 1.33 bits per heavy atom. The van der Waals surface area contributed by atoms with Crippen molar-refractivity contribution < 1.29 is 15.1 Å². The molecule has 0 amide bonds. The van der Waals surface area contributed by atoms with E-state index in [4.69, 9.17) is 10.8 Å². The Labute approximate surface area is 90.8 Å². The van der Waals surface area contributed by atoms with Gasteiger partial charge >= 0.3 is 5.97 Å². The SMILES string of the molecule is CCCCCN(O)CCCC(N)C(=O)O. The minimum Gasteiger partial charge on any atom is -0.480 e. The van der Waals surface area contributed by atoms with Crippen molar-refractivity contribution in [1.29, 1.82) is 0 Å². The number of aliphatic carboxylic acids is 1. The van der Waals surface area contributed by atoms with E-state index in [2.05, 4.69) is 6.92 Å². The van der Waals surface area contributed by atoms with E-state index in [1.54, 1.807) is 0 Å². The Balaban J connectivity index is 3.38. The van der Waals surface area contributed by atoms with Crippen LogP contribution in [0.3, 0.4) is 0 Å². The topological polar surface area (TPSA) is 86.8 Å². The smallest absolute Gasteiger partial charge is 0.320 e. The number of rotatable bonds is 9. The van der Waals surface area contributed by atoms with Crippen molar-refractivity contribution in [3.63, 3.8) is 0 Å². The van der Waals surface area contributed by atoms with Crippen molar-refractivity contribution in [2.45, 2.75) is 45.1 Å². The molecule has 1 atom stereocenters. The van der Waals surface area contributed by atoms with Crippen molar-refractivity contribution in [2.75, 3.05) is 13.1 Å². The first-order valence-electron chi connectivity index (χ1n) is 5.50. The number of hydrogen-bond donors (Lipinski definition) is 3. The van der Waals surface area contributed by atoms with Crippen LogP contribution >= 0.6 is 0 Å². The summed E-state index contributed by atoms with van der Waals surface area (Å²) in [7, 11) is 0. The van der Waals surface area contributed by atoms with Gasteiger partial charge in [0.2, 0.25) is 0 Å².